The molecular formula is C27H25F3O2. The van der Waals surface area contributed by atoms with Crippen molar-refractivity contribution in [1.29, 1.82) is 0 Å². The van der Waals surface area contributed by atoms with Gasteiger partial charge in [-0.3, -0.25) is 0 Å². The van der Waals surface area contributed by atoms with Gasteiger partial charge in [-0.1, -0.05) is 49.2 Å². The first-order valence-corrected chi connectivity index (χ1v) is 10.4. The molecule has 0 spiro atoms. The summed E-state index contributed by atoms with van der Waals surface area (Å²) in [5, 5.41) is 0. The van der Waals surface area contributed by atoms with Gasteiger partial charge in [-0.15, -0.1) is 6.42 Å². The zero-order valence-corrected chi connectivity index (χ0v) is 17.9. The van der Waals surface area contributed by atoms with Crippen LogP contribution in [-0.2, 0) is 11.8 Å². The van der Waals surface area contributed by atoms with E-state index in [1.54, 1.807) is 67.6 Å². The van der Waals surface area contributed by atoms with E-state index < -0.39 is 17.7 Å². The molecule has 166 valence electrons. The van der Waals surface area contributed by atoms with Crippen molar-refractivity contribution in [3.05, 3.63) is 89.7 Å². The first-order valence-electron chi connectivity index (χ1n) is 10.4. The molecule has 0 saturated carbocycles. The molecule has 5 heteroatoms. The summed E-state index contributed by atoms with van der Waals surface area (Å²) in [5.41, 5.74) is 0.0494. The van der Waals surface area contributed by atoms with Crippen LogP contribution in [0.15, 0.2) is 72.8 Å². The largest absolute Gasteiger partial charge is 0.481 e. The highest BCUT2D eigenvalue weighted by Gasteiger charge is 2.36. The molecule has 0 aliphatic heterocycles. The first-order chi connectivity index (χ1) is 15.4. The Morgan fingerprint density at radius 2 is 1.69 bits per heavy atom. The minimum absolute atomic E-state index is 0.118. The Balaban J connectivity index is 1.66. The molecule has 0 aliphatic carbocycles. The third kappa shape index (κ3) is 5.85. The van der Waals surface area contributed by atoms with E-state index in [9.17, 15) is 13.2 Å². The number of ether oxygens (including phenoxy) is 2. The Bertz CT molecular complexity index is 1040. The fourth-order valence-corrected chi connectivity index (χ4v) is 3.49. The van der Waals surface area contributed by atoms with E-state index in [0.29, 0.717) is 29.9 Å². The standard InChI is InChI=1S/C27H25F3O2/c1-3-18-31-22-14-12-21(13-15-22)27(2,26(29)30)17-7-8-20-11-16-24(28)25(19-20)32-23-9-5-4-6-10-23/h1,4-6,9-16,19,26H,7-8,17-18H2,2H3. The lowest BCUT2D eigenvalue weighted by molar-refractivity contribution is 0.0526. The van der Waals surface area contributed by atoms with Gasteiger partial charge in [-0.05, 0) is 66.8 Å². The van der Waals surface area contributed by atoms with Crippen LogP contribution in [0.4, 0.5) is 13.2 Å². The predicted octanol–water partition coefficient (Wildman–Crippen LogP) is 7.18. The number of rotatable bonds is 10. The zero-order chi connectivity index (χ0) is 23.0. The fraction of sp³-hybridized carbons (Fsp3) is 0.259. The summed E-state index contributed by atoms with van der Waals surface area (Å²) in [6.07, 6.45) is 3.93. The highest BCUT2D eigenvalue weighted by atomic mass is 19.3. The lowest BCUT2D eigenvalue weighted by Crippen LogP contribution is -2.31. The summed E-state index contributed by atoms with van der Waals surface area (Å²) in [7, 11) is 0. The Labute approximate surface area is 187 Å². The number of aryl methyl sites for hydroxylation is 1. The number of hydrogen-bond acceptors (Lipinski definition) is 2. The number of alkyl halides is 2. The summed E-state index contributed by atoms with van der Waals surface area (Å²) in [4.78, 5) is 0. The third-order valence-electron chi connectivity index (χ3n) is 5.45. The van der Waals surface area contributed by atoms with Crippen molar-refractivity contribution >= 4 is 0 Å². The molecule has 0 amide bonds. The smallest absolute Gasteiger partial charge is 0.247 e. The Morgan fingerprint density at radius 1 is 0.969 bits per heavy atom. The van der Waals surface area contributed by atoms with Crippen LogP contribution in [0.1, 0.15) is 30.9 Å². The van der Waals surface area contributed by atoms with Gasteiger partial charge in [0.2, 0.25) is 6.43 Å². The summed E-state index contributed by atoms with van der Waals surface area (Å²) in [6.45, 7) is 1.68. The van der Waals surface area contributed by atoms with Gasteiger partial charge < -0.3 is 9.47 Å². The summed E-state index contributed by atoms with van der Waals surface area (Å²) >= 11 is 0. The van der Waals surface area contributed by atoms with E-state index in [0.717, 1.165) is 5.56 Å². The Hall–Kier alpha value is -3.39. The van der Waals surface area contributed by atoms with Crippen molar-refractivity contribution in [3.63, 3.8) is 0 Å². The van der Waals surface area contributed by atoms with Gasteiger partial charge in [0.25, 0.3) is 0 Å². The van der Waals surface area contributed by atoms with Crippen LogP contribution >= 0.6 is 0 Å². The van der Waals surface area contributed by atoms with E-state index in [2.05, 4.69) is 5.92 Å². The Kier molecular flexibility index (Phi) is 7.83. The van der Waals surface area contributed by atoms with Crippen LogP contribution in [0, 0.1) is 18.2 Å². The highest BCUT2D eigenvalue weighted by Crippen LogP contribution is 2.37. The molecule has 1 unspecified atom stereocenters. The maximum Gasteiger partial charge on any atom is 0.247 e. The maximum atomic E-state index is 14.2. The predicted molar refractivity (Wildman–Crippen MR) is 120 cm³/mol. The molecule has 0 heterocycles. The molecule has 0 aromatic heterocycles. The molecular weight excluding hydrogens is 413 g/mol. The number of terminal acetylenes is 1. The molecule has 3 aromatic carbocycles. The second-order valence-electron chi connectivity index (χ2n) is 7.77. The van der Waals surface area contributed by atoms with Crippen LogP contribution in [0.25, 0.3) is 0 Å². The number of hydrogen-bond donors (Lipinski definition) is 0. The molecule has 2 nitrogen and oxygen atoms in total. The van der Waals surface area contributed by atoms with Crippen molar-refractivity contribution in [1.82, 2.24) is 0 Å². The van der Waals surface area contributed by atoms with Crippen LogP contribution in [0.2, 0.25) is 0 Å². The minimum Gasteiger partial charge on any atom is -0.481 e. The third-order valence-corrected chi connectivity index (χ3v) is 5.45. The molecule has 0 saturated heterocycles. The summed E-state index contributed by atoms with van der Waals surface area (Å²) < 4.78 is 53.2. The van der Waals surface area contributed by atoms with Crippen molar-refractivity contribution in [3.8, 4) is 29.6 Å². The lowest BCUT2D eigenvalue weighted by Gasteiger charge is -2.29. The van der Waals surface area contributed by atoms with Gasteiger partial charge >= 0.3 is 0 Å². The van der Waals surface area contributed by atoms with Gasteiger partial charge in [0.1, 0.15) is 18.1 Å². The molecule has 3 rings (SSSR count). The van der Waals surface area contributed by atoms with Crippen LogP contribution in [-0.4, -0.2) is 13.0 Å². The molecule has 32 heavy (non-hydrogen) atoms. The summed E-state index contributed by atoms with van der Waals surface area (Å²) in [6, 6.07) is 20.2. The summed E-state index contributed by atoms with van der Waals surface area (Å²) in [5.74, 6) is 3.09. The molecule has 1 atom stereocenters. The molecule has 0 fully saturated rings. The maximum absolute atomic E-state index is 14.2. The quantitative estimate of drug-likeness (QED) is 0.312. The highest BCUT2D eigenvalue weighted by molar-refractivity contribution is 5.36. The monoisotopic (exact) mass is 438 g/mol. The van der Waals surface area contributed by atoms with Crippen molar-refractivity contribution < 1.29 is 22.6 Å². The van der Waals surface area contributed by atoms with Crippen LogP contribution < -0.4 is 9.47 Å². The van der Waals surface area contributed by atoms with Gasteiger partial charge in [-0.2, -0.15) is 0 Å². The number of para-hydroxylation sites is 1. The van der Waals surface area contributed by atoms with E-state index in [1.165, 1.54) is 6.07 Å². The minimum atomic E-state index is -2.54. The zero-order valence-electron chi connectivity index (χ0n) is 17.9. The molecule has 0 aliphatic rings. The SMILES string of the molecule is C#CCOc1ccc(C(C)(CCCc2ccc(F)c(Oc3ccccc3)c2)C(F)F)cc1. The number of halogens is 3. The van der Waals surface area contributed by atoms with Gasteiger partial charge in [0, 0.05) is 0 Å². The molecule has 0 N–H and O–H groups in total. The van der Waals surface area contributed by atoms with Crippen molar-refractivity contribution in [2.45, 2.75) is 38.0 Å². The molecule has 3 aromatic rings. The normalized spacial score (nSPS) is 12.8. The van der Waals surface area contributed by atoms with E-state index in [4.69, 9.17) is 15.9 Å². The van der Waals surface area contributed by atoms with Crippen molar-refractivity contribution in [2.75, 3.05) is 6.61 Å². The molecule has 0 bridgehead atoms. The average molecular weight is 438 g/mol. The number of benzene rings is 3. The van der Waals surface area contributed by atoms with E-state index in [1.807, 2.05) is 6.07 Å². The van der Waals surface area contributed by atoms with Crippen LogP contribution in [0.3, 0.4) is 0 Å². The van der Waals surface area contributed by atoms with E-state index >= 15 is 0 Å². The van der Waals surface area contributed by atoms with Gasteiger partial charge in [-0.25, -0.2) is 13.2 Å². The van der Waals surface area contributed by atoms with Gasteiger partial charge in [0.05, 0.1) is 5.41 Å². The molecule has 0 radical (unpaired) electrons. The Morgan fingerprint density at radius 3 is 2.34 bits per heavy atom. The second-order valence-corrected chi connectivity index (χ2v) is 7.77. The van der Waals surface area contributed by atoms with Gasteiger partial charge in [0.15, 0.2) is 11.6 Å². The second kappa shape index (κ2) is 10.8. The lowest BCUT2D eigenvalue weighted by atomic mass is 9.78. The topological polar surface area (TPSA) is 18.5 Å². The first kappa shape index (κ1) is 23.3. The fourth-order valence-electron chi connectivity index (χ4n) is 3.49. The van der Waals surface area contributed by atoms with E-state index in [-0.39, 0.29) is 18.8 Å². The average Bonchev–Trinajstić information content (AvgIpc) is 2.80. The van der Waals surface area contributed by atoms with Crippen molar-refractivity contribution in [2.24, 2.45) is 0 Å². The van der Waals surface area contributed by atoms with Crippen LogP contribution in [0.5, 0.6) is 17.2 Å².